The molecule has 1 saturated heterocycles. The molecule has 160 valence electrons. The largest absolute Gasteiger partial charge is 0.492 e. The molecule has 5 rings (SSSR count). The summed E-state index contributed by atoms with van der Waals surface area (Å²) in [6, 6.07) is 15.5. The summed E-state index contributed by atoms with van der Waals surface area (Å²) in [5.41, 5.74) is 1.62. The number of anilines is 1. The van der Waals surface area contributed by atoms with Gasteiger partial charge < -0.3 is 19.5 Å². The molecule has 0 aliphatic carbocycles. The second kappa shape index (κ2) is 8.81. The number of carbonyl (C=O) groups is 1. The predicted molar refractivity (Wildman–Crippen MR) is 118 cm³/mol. The van der Waals surface area contributed by atoms with Gasteiger partial charge in [-0.05, 0) is 49.2 Å². The van der Waals surface area contributed by atoms with E-state index in [1.165, 1.54) is 0 Å². The number of fused-ring (bicyclic) bond motifs is 2. The van der Waals surface area contributed by atoms with Gasteiger partial charge in [0, 0.05) is 37.3 Å². The van der Waals surface area contributed by atoms with Gasteiger partial charge in [0.2, 0.25) is 0 Å². The molecule has 1 N–H and O–H groups in total. The van der Waals surface area contributed by atoms with Crippen LogP contribution in [0.1, 0.15) is 12.8 Å². The van der Waals surface area contributed by atoms with Crippen molar-refractivity contribution in [2.24, 2.45) is 0 Å². The van der Waals surface area contributed by atoms with E-state index in [4.69, 9.17) is 14.2 Å². The van der Waals surface area contributed by atoms with Crippen LogP contribution >= 0.6 is 0 Å². The van der Waals surface area contributed by atoms with E-state index in [0.29, 0.717) is 18.0 Å². The molecule has 2 aromatic carbocycles. The molecule has 3 heterocycles. The monoisotopic (exact) mass is 419 g/mol. The summed E-state index contributed by atoms with van der Waals surface area (Å²) in [7, 11) is 0. The molecule has 0 saturated carbocycles. The zero-order valence-electron chi connectivity index (χ0n) is 17.3. The Morgan fingerprint density at radius 2 is 2.03 bits per heavy atom. The van der Waals surface area contributed by atoms with Gasteiger partial charge in [0.15, 0.2) is 6.61 Å². The molecule has 0 unspecified atom stereocenters. The van der Waals surface area contributed by atoms with E-state index in [-0.39, 0.29) is 18.6 Å². The molecule has 3 aromatic rings. The summed E-state index contributed by atoms with van der Waals surface area (Å²) in [4.78, 5) is 18.3. The number of rotatable bonds is 6. The number of carbonyl (C=O) groups excluding carboxylic acids is 1. The second-order valence-corrected chi connectivity index (χ2v) is 7.83. The zero-order chi connectivity index (χ0) is 21.0. The highest BCUT2D eigenvalue weighted by atomic mass is 16.5. The number of pyridine rings is 1. The minimum absolute atomic E-state index is 0.0623. The smallest absolute Gasteiger partial charge is 0.262 e. The van der Waals surface area contributed by atoms with Crippen molar-refractivity contribution < 1.29 is 19.0 Å². The molecule has 31 heavy (non-hydrogen) atoms. The first kappa shape index (κ1) is 19.6. The summed E-state index contributed by atoms with van der Waals surface area (Å²) in [6.45, 7) is 3.52. The normalized spacial score (nSPS) is 17.0. The third-order valence-corrected chi connectivity index (χ3v) is 5.69. The van der Waals surface area contributed by atoms with Crippen LogP contribution in [0, 0.1) is 0 Å². The van der Waals surface area contributed by atoms with Gasteiger partial charge in [0.05, 0.1) is 11.2 Å². The highest BCUT2D eigenvalue weighted by Crippen LogP contribution is 2.32. The first-order valence-corrected chi connectivity index (χ1v) is 10.7. The third-order valence-electron chi connectivity index (χ3n) is 5.69. The molecule has 1 amide bonds. The summed E-state index contributed by atoms with van der Waals surface area (Å²) in [6.07, 6.45) is 3.88. The number of hydrogen-bond donors (Lipinski definition) is 1. The lowest BCUT2D eigenvalue weighted by Gasteiger charge is -2.32. The fourth-order valence-corrected chi connectivity index (χ4v) is 4.06. The second-order valence-electron chi connectivity index (χ2n) is 7.83. The average Bonchev–Trinajstić information content (AvgIpc) is 2.80. The van der Waals surface area contributed by atoms with Crippen LogP contribution in [-0.2, 0) is 4.79 Å². The van der Waals surface area contributed by atoms with E-state index in [1.807, 2.05) is 48.5 Å². The van der Waals surface area contributed by atoms with Gasteiger partial charge in [-0.2, -0.15) is 0 Å². The topological polar surface area (TPSA) is 72.9 Å². The molecule has 2 aliphatic heterocycles. The Morgan fingerprint density at radius 1 is 1.13 bits per heavy atom. The van der Waals surface area contributed by atoms with Gasteiger partial charge in [-0.15, -0.1) is 0 Å². The quantitative estimate of drug-likeness (QED) is 0.660. The number of nitrogens with one attached hydrogen (secondary N) is 1. The Hall–Kier alpha value is -3.32. The van der Waals surface area contributed by atoms with Crippen LogP contribution in [0.25, 0.3) is 10.9 Å². The number of amides is 1. The van der Waals surface area contributed by atoms with E-state index in [0.717, 1.165) is 54.9 Å². The maximum absolute atomic E-state index is 11.5. The predicted octanol–water partition coefficient (Wildman–Crippen LogP) is 3.49. The third kappa shape index (κ3) is 4.56. The molecular formula is C24H25N3O4. The van der Waals surface area contributed by atoms with E-state index >= 15 is 0 Å². The Bertz CT molecular complexity index is 1070. The van der Waals surface area contributed by atoms with E-state index in [1.54, 1.807) is 6.20 Å². The van der Waals surface area contributed by atoms with Crippen molar-refractivity contribution in [1.82, 2.24) is 9.88 Å². The van der Waals surface area contributed by atoms with Gasteiger partial charge >= 0.3 is 0 Å². The van der Waals surface area contributed by atoms with Crippen LogP contribution in [0.15, 0.2) is 54.7 Å². The number of piperidine rings is 1. The van der Waals surface area contributed by atoms with Gasteiger partial charge in [0.1, 0.15) is 30.0 Å². The van der Waals surface area contributed by atoms with Crippen LogP contribution in [0.2, 0.25) is 0 Å². The van der Waals surface area contributed by atoms with Crippen LogP contribution in [0.3, 0.4) is 0 Å². The summed E-state index contributed by atoms with van der Waals surface area (Å²) < 4.78 is 17.6. The molecule has 1 aromatic heterocycles. The average molecular weight is 419 g/mol. The van der Waals surface area contributed by atoms with Crippen molar-refractivity contribution in [2.45, 2.75) is 18.9 Å². The lowest BCUT2D eigenvalue weighted by atomic mass is 10.1. The van der Waals surface area contributed by atoms with Crippen LogP contribution in [0.5, 0.6) is 17.2 Å². The van der Waals surface area contributed by atoms with Crippen LogP contribution in [-0.4, -0.2) is 54.7 Å². The van der Waals surface area contributed by atoms with Crippen molar-refractivity contribution in [3.05, 3.63) is 54.7 Å². The molecule has 0 atom stereocenters. The molecule has 2 aliphatic rings. The number of nitrogens with zero attached hydrogens (tertiary/aromatic N) is 2. The first-order chi connectivity index (χ1) is 15.2. The minimum Gasteiger partial charge on any atom is -0.492 e. The van der Waals surface area contributed by atoms with E-state index in [9.17, 15) is 4.79 Å². The Balaban J connectivity index is 1.09. The van der Waals surface area contributed by atoms with Gasteiger partial charge in [-0.25, -0.2) is 0 Å². The summed E-state index contributed by atoms with van der Waals surface area (Å²) in [5.74, 6) is 2.19. The van der Waals surface area contributed by atoms with Gasteiger partial charge in [0.25, 0.3) is 5.91 Å². The van der Waals surface area contributed by atoms with Crippen molar-refractivity contribution in [2.75, 3.05) is 38.2 Å². The van der Waals surface area contributed by atoms with Crippen LogP contribution in [0.4, 0.5) is 5.69 Å². The first-order valence-electron chi connectivity index (χ1n) is 10.7. The minimum atomic E-state index is -0.139. The molecular weight excluding hydrogens is 394 g/mol. The fraction of sp³-hybridized carbons (Fsp3) is 0.333. The number of likely N-dealkylation sites (tertiary alicyclic amines) is 1. The standard InChI is InChI=1S/C24H25N3O4/c28-24-16-30-23-7-6-18(15-21(23)26-24)31-17-8-11-27(12-9-17)13-14-29-22-5-1-4-20-19(22)3-2-10-25-20/h1-7,10,15,17H,8-9,11-14,16H2,(H,26,28). The SMILES string of the molecule is O=C1COc2ccc(OC3CCN(CCOc4cccc5ncccc45)CC3)cc2N1. The highest BCUT2D eigenvalue weighted by molar-refractivity contribution is 5.95. The van der Waals surface area contributed by atoms with Crippen molar-refractivity contribution in [3.63, 3.8) is 0 Å². The molecule has 0 bridgehead atoms. The molecule has 7 nitrogen and oxygen atoms in total. The molecule has 0 spiro atoms. The lowest BCUT2D eigenvalue weighted by molar-refractivity contribution is -0.118. The van der Waals surface area contributed by atoms with E-state index in [2.05, 4.69) is 15.2 Å². The fourth-order valence-electron chi connectivity index (χ4n) is 4.06. The summed E-state index contributed by atoms with van der Waals surface area (Å²) in [5, 5.41) is 3.87. The highest BCUT2D eigenvalue weighted by Gasteiger charge is 2.22. The maximum Gasteiger partial charge on any atom is 0.262 e. The number of aromatic nitrogens is 1. The Morgan fingerprint density at radius 3 is 2.94 bits per heavy atom. The Labute approximate surface area is 180 Å². The molecule has 0 radical (unpaired) electrons. The van der Waals surface area contributed by atoms with Crippen molar-refractivity contribution >= 4 is 22.5 Å². The lowest BCUT2D eigenvalue weighted by Crippen LogP contribution is -2.40. The number of ether oxygens (including phenoxy) is 3. The number of hydrogen-bond acceptors (Lipinski definition) is 6. The maximum atomic E-state index is 11.5. The Kier molecular flexibility index (Phi) is 5.58. The number of benzene rings is 2. The zero-order valence-corrected chi connectivity index (χ0v) is 17.3. The van der Waals surface area contributed by atoms with Crippen molar-refractivity contribution in [1.29, 1.82) is 0 Å². The van der Waals surface area contributed by atoms with Gasteiger partial charge in [-0.1, -0.05) is 6.07 Å². The molecule has 1 fully saturated rings. The van der Waals surface area contributed by atoms with E-state index < -0.39 is 0 Å². The van der Waals surface area contributed by atoms with Gasteiger partial charge in [-0.3, -0.25) is 14.7 Å². The van der Waals surface area contributed by atoms with Crippen molar-refractivity contribution in [3.8, 4) is 17.2 Å². The summed E-state index contributed by atoms with van der Waals surface area (Å²) >= 11 is 0. The van der Waals surface area contributed by atoms with Crippen LogP contribution < -0.4 is 19.5 Å². The molecule has 7 heteroatoms.